The fourth-order valence-electron chi connectivity index (χ4n) is 3.64. The Hall–Kier alpha value is -3.17. The maximum absolute atomic E-state index is 13.3. The molecule has 1 unspecified atom stereocenters. The zero-order valence-corrected chi connectivity index (χ0v) is 14.7. The largest absolute Gasteiger partial charge is 0.351 e. The van der Waals surface area contributed by atoms with Crippen molar-refractivity contribution in [2.45, 2.75) is 12.3 Å². The number of carbonyl (C=O) groups is 1. The van der Waals surface area contributed by atoms with E-state index in [1.165, 1.54) is 17.7 Å². The number of hydrogen-bond donors (Lipinski definition) is 2. The molecule has 1 atom stereocenters. The normalized spacial score (nSPS) is 17.1. The lowest BCUT2D eigenvalue weighted by Crippen LogP contribution is -2.20. The van der Waals surface area contributed by atoms with Gasteiger partial charge in [-0.25, -0.2) is 4.39 Å². The lowest BCUT2D eigenvalue weighted by Gasteiger charge is -2.12. The number of fused-ring (bicyclic) bond motifs is 1. The van der Waals surface area contributed by atoms with Crippen LogP contribution >= 0.6 is 0 Å². The average Bonchev–Trinajstić information content (AvgIpc) is 3.28. The predicted molar refractivity (Wildman–Crippen MR) is 102 cm³/mol. The molecule has 1 fully saturated rings. The second-order valence-corrected chi connectivity index (χ2v) is 6.87. The molecule has 2 aromatic carbocycles. The number of nitrogens with zero attached hydrogens (tertiary/aromatic N) is 2. The molecule has 0 radical (unpaired) electrons. The second kappa shape index (κ2) is 7.22. The molecule has 3 aromatic rings. The van der Waals surface area contributed by atoms with Gasteiger partial charge in [0.1, 0.15) is 11.5 Å². The van der Waals surface area contributed by atoms with Crippen LogP contribution in [0.3, 0.4) is 0 Å². The molecular formula is C21H19FN4O. The van der Waals surface area contributed by atoms with E-state index >= 15 is 0 Å². The fourth-order valence-corrected chi connectivity index (χ4v) is 3.64. The highest BCUT2D eigenvalue weighted by atomic mass is 19.1. The summed E-state index contributed by atoms with van der Waals surface area (Å²) in [5.41, 5.74) is 2.96. The molecule has 0 saturated carbocycles. The van der Waals surface area contributed by atoms with Gasteiger partial charge in [0.2, 0.25) is 0 Å². The van der Waals surface area contributed by atoms with E-state index in [0.29, 0.717) is 23.8 Å². The van der Waals surface area contributed by atoms with Gasteiger partial charge in [0.25, 0.3) is 5.91 Å². The molecule has 2 heterocycles. The van der Waals surface area contributed by atoms with Crippen molar-refractivity contribution in [2.75, 3.05) is 25.0 Å². The van der Waals surface area contributed by atoms with Gasteiger partial charge >= 0.3 is 0 Å². The number of aromatic amines is 1. The van der Waals surface area contributed by atoms with E-state index in [4.69, 9.17) is 5.26 Å². The van der Waals surface area contributed by atoms with Gasteiger partial charge in [-0.05, 0) is 60.8 Å². The molecule has 27 heavy (non-hydrogen) atoms. The maximum Gasteiger partial charge on any atom is 0.272 e. The molecule has 5 nitrogen and oxygen atoms in total. The number of carbonyl (C=O) groups excluding carboxylic acids is 1. The lowest BCUT2D eigenvalue weighted by atomic mass is 9.97. The molecule has 1 aromatic heterocycles. The number of nitrogens with one attached hydrogen (secondary N) is 2. The van der Waals surface area contributed by atoms with Gasteiger partial charge in [-0.1, -0.05) is 12.1 Å². The van der Waals surface area contributed by atoms with Gasteiger partial charge in [-0.3, -0.25) is 9.69 Å². The van der Waals surface area contributed by atoms with Crippen LogP contribution in [-0.2, 0) is 0 Å². The monoisotopic (exact) mass is 362 g/mol. The Morgan fingerprint density at radius 2 is 2.19 bits per heavy atom. The highest BCUT2D eigenvalue weighted by molar-refractivity contribution is 6.06. The summed E-state index contributed by atoms with van der Waals surface area (Å²) in [7, 11) is 0. The van der Waals surface area contributed by atoms with Crippen molar-refractivity contribution in [1.82, 2.24) is 9.88 Å². The Balaban J connectivity index is 1.52. The van der Waals surface area contributed by atoms with E-state index < -0.39 is 5.82 Å². The molecule has 2 N–H and O–H groups in total. The molecule has 136 valence electrons. The number of rotatable bonds is 4. The van der Waals surface area contributed by atoms with Crippen LogP contribution in [0.1, 0.15) is 28.4 Å². The Kier molecular flexibility index (Phi) is 4.61. The smallest absolute Gasteiger partial charge is 0.272 e. The number of likely N-dealkylation sites (tertiary alicyclic amines) is 1. The zero-order valence-electron chi connectivity index (χ0n) is 14.7. The first kappa shape index (κ1) is 17.3. The van der Waals surface area contributed by atoms with Crippen molar-refractivity contribution in [1.29, 1.82) is 5.26 Å². The molecule has 6 heteroatoms. The van der Waals surface area contributed by atoms with Crippen molar-refractivity contribution in [3.05, 3.63) is 65.6 Å². The van der Waals surface area contributed by atoms with E-state index in [-0.39, 0.29) is 5.91 Å². The first-order chi connectivity index (χ1) is 13.1. The summed E-state index contributed by atoms with van der Waals surface area (Å²) in [5.74, 6) is -0.294. The fraction of sp³-hybridized carbons (Fsp3) is 0.238. The summed E-state index contributed by atoms with van der Waals surface area (Å²) in [4.78, 5) is 17.7. The van der Waals surface area contributed by atoms with Crippen molar-refractivity contribution in [3.63, 3.8) is 0 Å². The van der Waals surface area contributed by atoms with Crippen LogP contribution in [0.4, 0.5) is 10.1 Å². The third-order valence-corrected chi connectivity index (χ3v) is 5.01. The van der Waals surface area contributed by atoms with E-state index in [1.54, 1.807) is 12.1 Å². The number of halogens is 1. The van der Waals surface area contributed by atoms with Gasteiger partial charge in [-0.15, -0.1) is 0 Å². The molecule has 1 aliphatic rings. The Labute approximate surface area is 156 Å². The van der Waals surface area contributed by atoms with Crippen LogP contribution in [-0.4, -0.2) is 35.4 Å². The lowest BCUT2D eigenvalue weighted by molar-refractivity contribution is 0.102. The summed E-state index contributed by atoms with van der Waals surface area (Å²) in [6.07, 6.45) is 1.03. The van der Waals surface area contributed by atoms with Gasteiger partial charge in [0, 0.05) is 23.1 Å². The SMILES string of the molecule is N#CCN1CCC(c2ccc3[nH]c(C(=O)Nc4cccc(F)c4)cc3c2)C1. The van der Waals surface area contributed by atoms with E-state index in [1.807, 2.05) is 12.1 Å². The molecule has 1 amide bonds. The highest BCUT2D eigenvalue weighted by Gasteiger charge is 2.23. The van der Waals surface area contributed by atoms with Gasteiger partial charge in [0.05, 0.1) is 12.6 Å². The molecule has 0 bridgehead atoms. The first-order valence-electron chi connectivity index (χ1n) is 8.91. The number of nitriles is 1. The van der Waals surface area contributed by atoms with Gasteiger partial charge in [-0.2, -0.15) is 5.26 Å². The molecule has 1 aliphatic heterocycles. The molecular weight excluding hydrogens is 343 g/mol. The summed E-state index contributed by atoms with van der Waals surface area (Å²) in [6, 6.07) is 16.0. The summed E-state index contributed by atoms with van der Waals surface area (Å²) >= 11 is 0. The van der Waals surface area contributed by atoms with Crippen LogP contribution in [0, 0.1) is 17.1 Å². The standard InChI is InChI=1S/C21H19FN4O/c22-17-2-1-3-18(12-17)24-21(27)20-11-16-10-14(4-5-19(16)25-20)15-6-8-26(13-15)9-7-23/h1-5,10-12,15,25H,6,8-9,13H2,(H,24,27). The van der Waals surface area contributed by atoms with Crippen LogP contribution in [0.2, 0.25) is 0 Å². The minimum atomic E-state index is -0.393. The van der Waals surface area contributed by atoms with Crippen LogP contribution < -0.4 is 5.32 Å². The molecule has 0 aliphatic carbocycles. The van der Waals surface area contributed by atoms with Crippen molar-refractivity contribution in [3.8, 4) is 6.07 Å². The van der Waals surface area contributed by atoms with E-state index in [2.05, 4.69) is 33.4 Å². The Morgan fingerprint density at radius 1 is 1.30 bits per heavy atom. The predicted octanol–water partition coefficient (Wildman–Crippen LogP) is 3.87. The number of H-pyrrole nitrogens is 1. The first-order valence-corrected chi connectivity index (χ1v) is 8.91. The van der Waals surface area contributed by atoms with Crippen LogP contribution in [0.25, 0.3) is 10.9 Å². The Bertz CT molecular complexity index is 1040. The van der Waals surface area contributed by atoms with Crippen LogP contribution in [0.15, 0.2) is 48.5 Å². The quantitative estimate of drug-likeness (QED) is 0.692. The Morgan fingerprint density at radius 3 is 3.00 bits per heavy atom. The third-order valence-electron chi connectivity index (χ3n) is 5.01. The number of anilines is 1. The minimum Gasteiger partial charge on any atom is -0.351 e. The van der Waals surface area contributed by atoms with Crippen molar-refractivity contribution in [2.24, 2.45) is 0 Å². The molecule has 4 rings (SSSR count). The summed E-state index contributed by atoms with van der Waals surface area (Å²) in [5, 5.41) is 12.5. The summed E-state index contributed by atoms with van der Waals surface area (Å²) < 4.78 is 13.3. The second-order valence-electron chi connectivity index (χ2n) is 6.87. The third kappa shape index (κ3) is 3.69. The van der Waals surface area contributed by atoms with Crippen molar-refractivity contribution >= 4 is 22.5 Å². The number of benzene rings is 2. The van der Waals surface area contributed by atoms with Crippen molar-refractivity contribution < 1.29 is 9.18 Å². The zero-order chi connectivity index (χ0) is 18.8. The molecule has 0 spiro atoms. The highest BCUT2D eigenvalue weighted by Crippen LogP contribution is 2.29. The van der Waals surface area contributed by atoms with E-state index in [9.17, 15) is 9.18 Å². The van der Waals surface area contributed by atoms with E-state index in [0.717, 1.165) is 30.4 Å². The van der Waals surface area contributed by atoms with Gasteiger partial charge in [0.15, 0.2) is 0 Å². The summed E-state index contributed by atoms with van der Waals surface area (Å²) in [6.45, 7) is 2.29. The average molecular weight is 362 g/mol. The number of hydrogen-bond acceptors (Lipinski definition) is 3. The van der Waals surface area contributed by atoms with Gasteiger partial charge < -0.3 is 10.3 Å². The topological polar surface area (TPSA) is 71.9 Å². The number of amides is 1. The molecule has 1 saturated heterocycles. The maximum atomic E-state index is 13.3. The van der Waals surface area contributed by atoms with Crippen LogP contribution in [0.5, 0.6) is 0 Å². The number of aromatic nitrogens is 1. The minimum absolute atomic E-state index is 0.306.